The van der Waals surface area contributed by atoms with Gasteiger partial charge in [0.25, 0.3) is 0 Å². The maximum Gasteiger partial charge on any atom is 1.00 e. The summed E-state index contributed by atoms with van der Waals surface area (Å²) in [6.45, 7) is 0.0742. The van der Waals surface area contributed by atoms with Crippen molar-refractivity contribution in [1.29, 1.82) is 0 Å². The number of ether oxygens (including phenoxy) is 2. The van der Waals surface area contributed by atoms with Crippen molar-refractivity contribution in [2.45, 2.75) is 0 Å². The fourth-order valence-corrected chi connectivity index (χ4v) is 1.29. The number of rotatable bonds is 6. The number of hydrogen-bond donors (Lipinski definition) is 4. The number of nitrogens with zero attached hydrogens (tertiary/aromatic N) is 2. The summed E-state index contributed by atoms with van der Waals surface area (Å²) < 4.78 is 20.2. The van der Waals surface area contributed by atoms with E-state index in [0.29, 0.717) is 0 Å². The average Bonchev–Trinajstić information content (AvgIpc) is 2.13. The van der Waals surface area contributed by atoms with Gasteiger partial charge in [0.15, 0.2) is 0 Å². The molecule has 18 heavy (non-hydrogen) atoms. The molecule has 1 aromatic heterocycles. The Balaban J connectivity index is 0. The zero-order valence-electron chi connectivity index (χ0n) is 10.8. The third-order valence-electron chi connectivity index (χ3n) is 1.48. The number of anilines is 2. The molecule has 0 aliphatic heterocycles. The molecule has 0 saturated carbocycles. The predicted molar refractivity (Wildman–Crippen MR) is 60.3 cm³/mol. The molecule has 0 unspecified atom stereocenters. The normalized spacial score (nSPS) is 10.8. The van der Waals surface area contributed by atoms with Crippen molar-refractivity contribution in [1.82, 2.24) is 9.97 Å². The van der Waals surface area contributed by atoms with Crippen LogP contribution in [0.15, 0.2) is 6.07 Å². The first-order valence-electron chi connectivity index (χ1n) is 4.52. The maximum atomic E-state index is 10.4. The van der Waals surface area contributed by atoms with Gasteiger partial charge in [-0.15, -0.1) is 0 Å². The molecule has 0 bridgehead atoms. The average molecular weight is 288 g/mol. The van der Waals surface area contributed by atoms with Gasteiger partial charge in [-0.3, -0.25) is 4.57 Å². The van der Waals surface area contributed by atoms with Crippen LogP contribution < -0.4 is 45.8 Å². The molecule has 6 N–H and O–H groups in total. The first-order valence-corrected chi connectivity index (χ1v) is 6.32. The van der Waals surface area contributed by atoms with Crippen molar-refractivity contribution in [3.8, 4) is 5.88 Å². The van der Waals surface area contributed by atoms with Gasteiger partial charge in [-0.1, -0.05) is 0 Å². The van der Waals surface area contributed by atoms with Gasteiger partial charge in [0, 0.05) is 6.07 Å². The minimum Gasteiger partial charge on any atom is -1.00 e. The monoisotopic (exact) mass is 288 g/mol. The first kappa shape index (κ1) is 17.6. The molecule has 0 amide bonds. The molecule has 0 aromatic carbocycles. The van der Waals surface area contributed by atoms with E-state index in [0.717, 1.165) is 0 Å². The second-order valence-corrected chi connectivity index (χ2v) is 4.63. The van der Waals surface area contributed by atoms with Crippen LogP contribution in [-0.4, -0.2) is 39.3 Å². The molecule has 0 aliphatic carbocycles. The van der Waals surface area contributed by atoms with Crippen LogP contribution in [0.2, 0.25) is 0 Å². The minimum atomic E-state index is -4.14. The molecule has 1 aromatic rings. The summed E-state index contributed by atoms with van der Waals surface area (Å²) in [5, 5.41) is 0. The van der Waals surface area contributed by atoms with Crippen LogP contribution in [0.1, 0.15) is 1.43 Å². The predicted octanol–water partition coefficient (Wildman–Crippen LogP) is -3.71. The van der Waals surface area contributed by atoms with Crippen LogP contribution in [-0.2, 0) is 9.30 Å². The van der Waals surface area contributed by atoms with Gasteiger partial charge in [-0.05, 0) is 0 Å². The Kier molecular flexibility index (Phi) is 7.72. The molecule has 0 atom stereocenters. The topological polar surface area (TPSA) is 154 Å². The summed E-state index contributed by atoms with van der Waals surface area (Å²) in [5.41, 5.74) is 10.7. The van der Waals surface area contributed by atoms with E-state index in [9.17, 15) is 4.57 Å². The number of nitrogen functional groups attached to an aromatic ring is 2. The second-order valence-electron chi connectivity index (χ2n) is 3.04. The minimum absolute atomic E-state index is 0. The van der Waals surface area contributed by atoms with Crippen LogP contribution in [0.4, 0.5) is 11.8 Å². The SMILES string of the molecule is Nc1cc(OCCOCP(=O)(O)O)nc(N)n1.[H-].[Na+]. The summed E-state index contributed by atoms with van der Waals surface area (Å²) in [6.07, 6.45) is -0.648. The molecule has 0 fully saturated rings. The zero-order chi connectivity index (χ0) is 12.9. The van der Waals surface area contributed by atoms with E-state index in [1.807, 2.05) is 0 Å². The molecule has 0 saturated heterocycles. The standard InChI is InChI=1S/C7H13N4O5P.Na.H/c8-5-3-6(11-7(9)10-5)16-2-1-15-4-17(12,13)14;;/h3H,1-2,4H2,(H2,12,13,14)(H4,8,9,10,11);;/q;+1;-1. The van der Waals surface area contributed by atoms with Crippen molar-refractivity contribution in [2.75, 3.05) is 31.0 Å². The fraction of sp³-hybridized carbons (Fsp3) is 0.429. The number of nitrogens with two attached hydrogens (primary N) is 2. The summed E-state index contributed by atoms with van der Waals surface area (Å²) in [6, 6.07) is 1.37. The molecule has 9 nitrogen and oxygen atoms in total. The van der Waals surface area contributed by atoms with E-state index in [4.69, 9.17) is 26.0 Å². The van der Waals surface area contributed by atoms with Crippen molar-refractivity contribution in [2.24, 2.45) is 0 Å². The molecule has 1 heterocycles. The van der Waals surface area contributed by atoms with Crippen LogP contribution in [0.25, 0.3) is 0 Å². The van der Waals surface area contributed by atoms with E-state index in [-0.39, 0.29) is 61.8 Å². The van der Waals surface area contributed by atoms with Gasteiger partial charge < -0.3 is 32.2 Å². The molecular weight excluding hydrogens is 274 g/mol. The van der Waals surface area contributed by atoms with Crippen LogP contribution in [0.5, 0.6) is 5.88 Å². The van der Waals surface area contributed by atoms with Crippen molar-refractivity contribution in [3.63, 3.8) is 0 Å². The maximum absolute atomic E-state index is 10.4. The van der Waals surface area contributed by atoms with Crippen LogP contribution in [0.3, 0.4) is 0 Å². The smallest absolute Gasteiger partial charge is 1.00 e. The van der Waals surface area contributed by atoms with E-state index in [1.54, 1.807) is 0 Å². The quantitative estimate of drug-likeness (QED) is 0.235. The summed E-state index contributed by atoms with van der Waals surface area (Å²) >= 11 is 0. The van der Waals surface area contributed by atoms with E-state index in [1.165, 1.54) is 6.07 Å². The van der Waals surface area contributed by atoms with Crippen LogP contribution >= 0.6 is 7.60 Å². The van der Waals surface area contributed by atoms with Crippen molar-refractivity contribution < 1.29 is 54.8 Å². The third kappa shape index (κ3) is 7.83. The zero-order valence-corrected chi connectivity index (χ0v) is 12.7. The molecular formula is C7H14N4NaO5P. The van der Waals surface area contributed by atoms with Crippen molar-refractivity contribution >= 4 is 19.4 Å². The third-order valence-corrected chi connectivity index (χ3v) is 2.00. The summed E-state index contributed by atoms with van der Waals surface area (Å²) in [5.74, 6) is 0.328. The van der Waals surface area contributed by atoms with E-state index < -0.39 is 13.9 Å². The van der Waals surface area contributed by atoms with Gasteiger partial charge in [0.2, 0.25) is 11.8 Å². The molecule has 1 rings (SSSR count). The Bertz CT molecular complexity index is 414. The molecule has 0 aliphatic rings. The molecule has 0 radical (unpaired) electrons. The number of aromatic nitrogens is 2. The fourth-order valence-electron chi connectivity index (χ4n) is 0.924. The Morgan fingerprint density at radius 1 is 1.33 bits per heavy atom. The Hall–Kier alpha value is -0.410. The molecule has 0 spiro atoms. The van der Waals surface area contributed by atoms with Gasteiger partial charge >= 0.3 is 37.2 Å². The van der Waals surface area contributed by atoms with E-state index >= 15 is 0 Å². The van der Waals surface area contributed by atoms with E-state index in [2.05, 4.69) is 14.7 Å². The Labute approximate surface area is 127 Å². The van der Waals surface area contributed by atoms with Crippen LogP contribution in [0, 0.1) is 0 Å². The molecule has 98 valence electrons. The van der Waals surface area contributed by atoms with Gasteiger partial charge in [0.1, 0.15) is 18.8 Å². The Morgan fingerprint density at radius 3 is 2.56 bits per heavy atom. The van der Waals surface area contributed by atoms with Gasteiger partial charge in [0.05, 0.1) is 6.61 Å². The first-order chi connectivity index (χ1) is 7.87. The number of hydrogen-bond acceptors (Lipinski definition) is 7. The van der Waals surface area contributed by atoms with Gasteiger partial charge in [-0.2, -0.15) is 9.97 Å². The Morgan fingerprint density at radius 2 is 2.00 bits per heavy atom. The summed E-state index contributed by atoms with van der Waals surface area (Å²) in [4.78, 5) is 24.4. The molecule has 11 heteroatoms. The largest absolute Gasteiger partial charge is 1.00 e. The van der Waals surface area contributed by atoms with Crippen molar-refractivity contribution in [3.05, 3.63) is 6.07 Å². The summed E-state index contributed by atoms with van der Waals surface area (Å²) in [7, 11) is -4.14. The second kappa shape index (κ2) is 7.90. The van der Waals surface area contributed by atoms with Gasteiger partial charge in [-0.25, -0.2) is 0 Å².